The van der Waals surface area contributed by atoms with Crippen molar-refractivity contribution in [3.8, 4) is 11.1 Å². The smallest absolute Gasteiger partial charge is 0.147 e. The third kappa shape index (κ3) is 5.23. The van der Waals surface area contributed by atoms with Crippen molar-refractivity contribution < 1.29 is 17.4 Å². The fourth-order valence-electron chi connectivity index (χ4n) is 7.68. The number of allylic oxidation sites excluding steroid dienone is 5. The zero-order valence-electron chi connectivity index (χ0n) is 25.2. The number of rotatable bonds is 5. The number of halogens is 2. The van der Waals surface area contributed by atoms with E-state index in [9.17, 15) is 0 Å². The molecule has 3 aromatic rings. The van der Waals surface area contributed by atoms with Gasteiger partial charge in [-0.3, -0.25) is 0 Å². The van der Waals surface area contributed by atoms with Crippen molar-refractivity contribution >= 4 is 55.1 Å². The summed E-state index contributed by atoms with van der Waals surface area (Å²) in [5.41, 5.74) is 14.8. The predicted octanol–water partition coefficient (Wildman–Crippen LogP) is 10.7. The molecule has 0 amide bonds. The van der Waals surface area contributed by atoms with E-state index in [2.05, 4.69) is 147 Å². The summed E-state index contributed by atoms with van der Waals surface area (Å²) >= 11 is -1.53. The van der Waals surface area contributed by atoms with Gasteiger partial charge in [0.1, 0.15) is 0 Å². The molecule has 0 saturated carbocycles. The largest absolute Gasteiger partial charge is 0.147 e. The van der Waals surface area contributed by atoms with E-state index in [0.29, 0.717) is 14.8 Å². The van der Waals surface area contributed by atoms with Crippen LogP contribution in [0.25, 0.3) is 22.8 Å². The Morgan fingerprint density at radius 2 is 1.39 bits per heavy atom. The number of hydrogen-bond acceptors (Lipinski definition) is 1. The molecule has 1 aliphatic heterocycles. The normalized spacial score (nSPS) is 19.9. The van der Waals surface area contributed by atoms with Crippen molar-refractivity contribution in [1.82, 2.24) is 0 Å². The van der Waals surface area contributed by atoms with Crippen LogP contribution in [0.4, 0.5) is 0 Å². The predicted molar refractivity (Wildman–Crippen MR) is 188 cm³/mol. The van der Waals surface area contributed by atoms with Gasteiger partial charge in [0.05, 0.1) is 0 Å². The summed E-state index contributed by atoms with van der Waals surface area (Å²) in [6, 6.07) is 26.8. The molecular weight excluding hydrogens is 655 g/mol. The summed E-state index contributed by atoms with van der Waals surface area (Å²) < 4.78 is 7.79. The van der Waals surface area contributed by atoms with Crippen LogP contribution >= 0.6 is 36.6 Å². The van der Waals surface area contributed by atoms with Gasteiger partial charge in [-0.15, -0.1) is 24.8 Å². The topological polar surface area (TPSA) is 0 Å². The van der Waals surface area contributed by atoms with Crippen LogP contribution in [0.3, 0.4) is 0 Å². The number of thioether (sulfide) groups is 1. The molecule has 0 fully saturated rings. The van der Waals surface area contributed by atoms with Crippen molar-refractivity contribution in [1.29, 1.82) is 0 Å². The summed E-state index contributed by atoms with van der Waals surface area (Å²) in [6.07, 6.45) is 5.14. The van der Waals surface area contributed by atoms with E-state index in [-0.39, 0.29) is 24.8 Å². The quantitative estimate of drug-likeness (QED) is 0.239. The second kappa shape index (κ2) is 11.6. The number of benzene rings is 3. The van der Waals surface area contributed by atoms with E-state index in [4.69, 9.17) is 0 Å². The average molecular weight is 697 g/mol. The molecule has 2 atom stereocenters. The molecule has 5 heteroatoms. The molecule has 3 aliphatic rings. The minimum atomic E-state index is -3.66. The summed E-state index contributed by atoms with van der Waals surface area (Å²) in [4.78, 5) is 1.61. The zero-order chi connectivity index (χ0) is 27.7. The molecule has 214 valence electrons. The van der Waals surface area contributed by atoms with Gasteiger partial charge in [0.2, 0.25) is 0 Å². The molecule has 0 nitrogen and oxygen atoms in total. The maximum atomic E-state index is 2.75. The number of aryl methyl sites for hydroxylation is 1. The van der Waals surface area contributed by atoms with Crippen LogP contribution in [-0.2, 0) is 17.4 Å². The van der Waals surface area contributed by atoms with E-state index in [0.717, 1.165) is 0 Å². The van der Waals surface area contributed by atoms with E-state index in [1.54, 1.807) is 24.9 Å². The molecular formula is C36H42Cl2SSiZr. The standard InChI is InChI=1S/C17H17S.C17H15.2CH3.2ClH.H2Si.Zr/c1-11(2)14-9-15-16(10-14)18-12(3)17(15)13-7-5-4-6-8-13;1-12-10-16-13(2)8-9-15(17(16)11-12)14-6-4-3-5-7-14;;;;;;/h4-9,11-12H,1-3H3;3-11H,1-2H3;2*1H3;2*1H;1H2;. The number of hydrogen-bond donors (Lipinski definition) is 0. The molecule has 1 heterocycles. The van der Waals surface area contributed by atoms with Gasteiger partial charge in [-0.2, -0.15) is 0 Å². The van der Waals surface area contributed by atoms with Gasteiger partial charge in [0, 0.05) is 0 Å². The van der Waals surface area contributed by atoms with E-state index < -0.39 is 17.4 Å². The first-order chi connectivity index (χ1) is 18.5. The average Bonchev–Trinajstić information content (AvgIpc) is 3.54. The van der Waals surface area contributed by atoms with Gasteiger partial charge < -0.3 is 0 Å². The SMILES string of the molecule is CC1=Cc2c(-c3ccccc3)ccc(C)c2[CH]1[Zr]([CH3])([CH3])(=[SiH2])[C]1=C2SC(C)C(c3ccccc3)=C2C=C1C(C)C.Cl.Cl. The summed E-state index contributed by atoms with van der Waals surface area (Å²) in [5, 5.41) is 0.477. The summed E-state index contributed by atoms with van der Waals surface area (Å²) in [5.74, 6) is 0.512. The van der Waals surface area contributed by atoms with Gasteiger partial charge >= 0.3 is 244 Å². The summed E-state index contributed by atoms with van der Waals surface area (Å²) in [7, 11) is 0. The van der Waals surface area contributed by atoms with Gasteiger partial charge in [-0.05, 0) is 0 Å². The van der Waals surface area contributed by atoms with Crippen LogP contribution in [0.2, 0.25) is 9.26 Å². The third-order valence-electron chi connectivity index (χ3n) is 9.21. The molecule has 0 radical (unpaired) electrons. The van der Waals surface area contributed by atoms with E-state index in [1.165, 1.54) is 39.0 Å². The Hall–Kier alpha value is -1.35. The maximum Gasteiger partial charge on any atom is -0.147 e. The molecule has 6 rings (SSSR count). The van der Waals surface area contributed by atoms with Gasteiger partial charge in [-0.25, -0.2) is 0 Å². The van der Waals surface area contributed by atoms with Crippen LogP contribution in [0.1, 0.15) is 53.6 Å². The van der Waals surface area contributed by atoms with Crippen LogP contribution in [-0.4, -0.2) is 12.1 Å². The second-order valence-corrected chi connectivity index (χ2v) is 43.9. The molecule has 0 aromatic heterocycles. The van der Waals surface area contributed by atoms with Crippen LogP contribution in [0, 0.1) is 12.8 Å². The maximum absolute atomic E-state index is 3.66. The van der Waals surface area contributed by atoms with Crippen molar-refractivity contribution in [3.63, 3.8) is 0 Å². The third-order valence-corrected chi connectivity index (χ3v) is 27.2. The van der Waals surface area contributed by atoms with Crippen molar-refractivity contribution in [2.24, 2.45) is 5.92 Å². The monoisotopic (exact) mass is 694 g/mol. The summed E-state index contributed by atoms with van der Waals surface area (Å²) in [6.45, 7) is 14.4. The molecule has 0 N–H and O–H groups in total. The molecule has 0 bridgehead atoms. The first-order valence-corrected chi connectivity index (χ1v) is 28.7. The molecule has 41 heavy (non-hydrogen) atoms. The van der Waals surface area contributed by atoms with Crippen LogP contribution in [0.15, 0.2) is 104 Å². The first-order valence-electron chi connectivity index (χ1n) is 14.4. The molecule has 0 spiro atoms. The van der Waals surface area contributed by atoms with Crippen LogP contribution < -0.4 is 0 Å². The van der Waals surface area contributed by atoms with Crippen molar-refractivity contribution in [2.45, 2.75) is 52.8 Å². The Morgan fingerprint density at radius 3 is 1.98 bits per heavy atom. The Balaban J connectivity index is 0.00000194. The van der Waals surface area contributed by atoms with Crippen molar-refractivity contribution in [2.75, 3.05) is 0 Å². The van der Waals surface area contributed by atoms with E-state index >= 15 is 0 Å². The Kier molecular flexibility index (Phi) is 9.23. The molecule has 2 aliphatic carbocycles. The van der Waals surface area contributed by atoms with Crippen LogP contribution in [0.5, 0.6) is 0 Å². The first kappa shape index (κ1) is 32.6. The Bertz CT molecular complexity index is 1700. The van der Waals surface area contributed by atoms with E-state index in [1.807, 2.05) is 0 Å². The van der Waals surface area contributed by atoms with Gasteiger partial charge in [0.15, 0.2) is 0 Å². The fourth-order valence-corrected chi connectivity index (χ4v) is 30.6. The Morgan fingerprint density at radius 1 is 0.805 bits per heavy atom. The minimum Gasteiger partial charge on any atom is -0.147 e. The fraction of sp³-hybridized carbons (Fsp3) is 0.278. The van der Waals surface area contributed by atoms with Gasteiger partial charge in [0.25, 0.3) is 0 Å². The zero-order valence-corrected chi connectivity index (χ0v) is 31.6. The molecule has 3 aromatic carbocycles. The van der Waals surface area contributed by atoms with Gasteiger partial charge in [-0.1, -0.05) is 0 Å². The second-order valence-electron chi connectivity index (χ2n) is 13.2. The van der Waals surface area contributed by atoms with Crippen molar-refractivity contribution in [3.05, 3.63) is 126 Å². The minimum absolute atomic E-state index is 0. The number of fused-ring (bicyclic) bond motifs is 2. The molecule has 2 unspecified atom stereocenters. The molecule has 0 saturated heterocycles. The Labute approximate surface area is 266 Å².